The van der Waals surface area contributed by atoms with E-state index in [0.717, 1.165) is 16.7 Å². The van der Waals surface area contributed by atoms with Gasteiger partial charge in [-0.1, -0.05) is 91.0 Å². The average molecular weight is 402 g/mol. The highest BCUT2D eigenvalue weighted by Crippen LogP contribution is 2.33. The summed E-state index contributed by atoms with van der Waals surface area (Å²) in [5, 5.41) is 4.97. The molecular formula is C25H27N3O2. The zero-order valence-corrected chi connectivity index (χ0v) is 16.9. The molecule has 1 aliphatic rings. The van der Waals surface area contributed by atoms with E-state index in [1.165, 1.54) is 0 Å². The number of nitrogens with zero attached hydrogens (tertiary/aromatic N) is 1. The second-order valence-electron chi connectivity index (χ2n) is 7.62. The number of benzene rings is 3. The van der Waals surface area contributed by atoms with Gasteiger partial charge in [-0.25, -0.2) is 0 Å². The van der Waals surface area contributed by atoms with Crippen LogP contribution in [0.1, 0.15) is 29.2 Å². The Hall–Kier alpha value is -2.99. The van der Waals surface area contributed by atoms with Crippen molar-refractivity contribution in [2.45, 2.75) is 37.7 Å². The standard InChI is InChI=1S/C25H27N3O2/c26-22(16-19-10-4-1-5-11-19)25(29)27-24-17-23(21-14-8-3-9-15-21)30-28(24)18-20-12-6-2-7-13-20/h1-15,22-24H,16-18,26H2,(H,27,29)/t22-,23+,24+/m0/s1. The van der Waals surface area contributed by atoms with Gasteiger partial charge in [0.05, 0.1) is 12.6 Å². The maximum Gasteiger partial charge on any atom is 0.238 e. The molecule has 1 fully saturated rings. The lowest BCUT2D eigenvalue weighted by Gasteiger charge is -2.25. The Labute approximate surface area is 177 Å². The van der Waals surface area contributed by atoms with E-state index in [1.54, 1.807) is 0 Å². The summed E-state index contributed by atoms with van der Waals surface area (Å²) < 4.78 is 0. The molecular weight excluding hydrogens is 374 g/mol. The molecule has 0 bridgehead atoms. The molecule has 3 N–H and O–H groups in total. The molecule has 3 aromatic carbocycles. The van der Waals surface area contributed by atoms with Crippen molar-refractivity contribution in [3.05, 3.63) is 108 Å². The van der Waals surface area contributed by atoms with Crippen LogP contribution < -0.4 is 11.1 Å². The van der Waals surface area contributed by atoms with Crippen LogP contribution in [0.3, 0.4) is 0 Å². The van der Waals surface area contributed by atoms with E-state index in [4.69, 9.17) is 10.6 Å². The molecule has 0 aliphatic carbocycles. The quantitative estimate of drug-likeness (QED) is 0.635. The van der Waals surface area contributed by atoms with Crippen LogP contribution in [-0.4, -0.2) is 23.2 Å². The number of hydrogen-bond donors (Lipinski definition) is 2. The third-order valence-electron chi connectivity index (χ3n) is 5.34. The first kappa shape index (κ1) is 20.3. The first-order valence-corrected chi connectivity index (χ1v) is 10.3. The summed E-state index contributed by atoms with van der Waals surface area (Å²) in [4.78, 5) is 19.1. The average Bonchev–Trinajstić information content (AvgIpc) is 3.18. The molecule has 0 aromatic heterocycles. The Balaban J connectivity index is 1.45. The Bertz CT molecular complexity index is 934. The molecule has 5 nitrogen and oxygen atoms in total. The van der Waals surface area contributed by atoms with Gasteiger partial charge >= 0.3 is 0 Å². The van der Waals surface area contributed by atoms with Crippen molar-refractivity contribution >= 4 is 5.91 Å². The largest absolute Gasteiger partial charge is 0.337 e. The third-order valence-corrected chi connectivity index (χ3v) is 5.34. The highest BCUT2D eigenvalue weighted by molar-refractivity contribution is 5.82. The summed E-state index contributed by atoms with van der Waals surface area (Å²) in [5.41, 5.74) is 9.47. The Morgan fingerprint density at radius 3 is 2.13 bits per heavy atom. The molecule has 0 saturated carbocycles. The predicted octanol–water partition coefficient (Wildman–Crippen LogP) is 3.58. The molecule has 0 radical (unpaired) electrons. The van der Waals surface area contributed by atoms with Gasteiger partial charge in [-0.2, -0.15) is 5.06 Å². The van der Waals surface area contributed by atoms with Gasteiger partial charge in [0.2, 0.25) is 5.91 Å². The van der Waals surface area contributed by atoms with Crippen LogP contribution in [0.15, 0.2) is 91.0 Å². The maximum atomic E-state index is 12.8. The molecule has 3 aromatic rings. The minimum atomic E-state index is -0.609. The molecule has 1 aliphatic heterocycles. The third kappa shape index (κ3) is 5.13. The molecule has 30 heavy (non-hydrogen) atoms. The van der Waals surface area contributed by atoms with Crippen molar-refractivity contribution < 1.29 is 9.63 Å². The lowest BCUT2D eigenvalue weighted by atomic mass is 10.0. The number of amides is 1. The van der Waals surface area contributed by atoms with E-state index in [0.29, 0.717) is 19.4 Å². The second-order valence-corrected chi connectivity index (χ2v) is 7.62. The number of nitrogens with one attached hydrogen (secondary N) is 1. The molecule has 154 valence electrons. The topological polar surface area (TPSA) is 67.6 Å². The van der Waals surface area contributed by atoms with Crippen molar-refractivity contribution in [1.29, 1.82) is 0 Å². The van der Waals surface area contributed by atoms with Gasteiger partial charge in [-0.15, -0.1) is 0 Å². The molecule has 1 saturated heterocycles. The second kappa shape index (κ2) is 9.67. The first-order chi connectivity index (χ1) is 14.7. The molecule has 3 atom stereocenters. The zero-order valence-electron chi connectivity index (χ0n) is 16.9. The Morgan fingerprint density at radius 2 is 1.50 bits per heavy atom. The monoisotopic (exact) mass is 401 g/mol. The van der Waals surface area contributed by atoms with Crippen molar-refractivity contribution in [3.8, 4) is 0 Å². The highest BCUT2D eigenvalue weighted by atomic mass is 16.7. The van der Waals surface area contributed by atoms with E-state index in [2.05, 4.69) is 29.6 Å². The number of carbonyl (C=O) groups excluding carboxylic acids is 1. The lowest BCUT2D eigenvalue weighted by Crippen LogP contribution is -2.50. The zero-order chi connectivity index (χ0) is 20.8. The minimum Gasteiger partial charge on any atom is -0.337 e. The van der Waals surface area contributed by atoms with Crippen LogP contribution in [-0.2, 0) is 22.6 Å². The van der Waals surface area contributed by atoms with Gasteiger partial charge < -0.3 is 11.1 Å². The van der Waals surface area contributed by atoms with Crippen LogP contribution in [0.2, 0.25) is 0 Å². The maximum absolute atomic E-state index is 12.8. The summed E-state index contributed by atoms with van der Waals surface area (Å²) >= 11 is 0. The number of nitrogens with two attached hydrogens (primary N) is 1. The van der Waals surface area contributed by atoms with Gasteiger partial charge in [-0.3, -0.25) is 9.63 Å². The van der Waals surface area contributed by atoms with Gasteiger partial charge in [0.1, 0.15) is 12.3 Å². The van der Waals surface area contributed by atoms with Crippen LogP contribution in [0.25, 0.3) is 0 Å². The molecule has 0 spiro atoms. The number of carbonyl (C=O) groups is 1. The SMILES string of the molecule is N[C@@H](Cc1ccccc1)C(=O)N[C@H]1C[C@H](c2ccccc2)ON1Cc1ccccc1. The fourth-order valence-corrected chi connectivity index (χ4v) is 3.74. The Kier molecular flexibility index (Phi) is 6.54. The van der Waals surface area contributed by atoms with E-state index in [1.807, 2.05) is 71.8 Å². The smallest absolute Gasteiger partial charge is 0.238 e. The molecule has 0 unspecified atom stereocenters. The summed E-state index contributed by atoms with van der Waals surface area (Å²) in [6, 6.07) is 29.4. The lowest BCUT2D eigenvalue weighted by molar-refractivity contribution is -0.177. The van der Waals surface area contributed by atoms with Crippen LogP contribution in [0, 0.1) is 0 Å². The Morgan fingerprint density at radius 1 is 0.933 bits per heavy atom. The number of hydroxylamine groups is 2. The van der Waals surface area contributed by atoms with Gasteiger partial charge in [0, 0.05) is 6.42 Å². The van der Waals surface area contributed by atoms with E-state index in [9.17, 15) is 4.79 Å². The fraction of sp³-hybridized carbons (Fsp3) is 0.240. The van der Waals surface area contributed by atoms with Crippen molar-refractivity contribution in [2.24, 2.45) is 5.73 Å². The number of hydrogen-bond acceptors (Lipinski definition) is 4. The summed E-state index contributed by atoms with van der Waals surface area (Å²) in [7, 11) is 0. The predicted molar refractivity (Wildman–Crippen MR) is 117 cm³/mol. The number of rotatable bonds is 7. The van der Waals surface area contributed by atoms with Crippen molar-refractivity contribution in [1.82, 2.24) is 10.4 Å². The molecule has 5 heteroatoms. The first-order valence-electron chi connectivity index (χ1n) is 10.3. The van der Waals surface area contributed by atoms with E-state index < -0.39 is 6.04 Å². The van der Waals surface area contributed by atoms with Crippen molar-refractivity contribution in [3.63, 3.8) is 0 Å². The van der Waals surface area contributed by atoms with E-state index in [-0.39, 0.29) is 18.2 Å². The van der Waals surface area contributed by atoms with Crippen LogP contribution in [0.4, 0.5) is 0 Å². The van der Waals surface area contributed by atoms with Crippen LogP contribution in [0.5, 0.6) is 0 Å². The highest BCUT2D eigenvalue weighted by Gasteiger charge is 2.36. The summed E-state index contributed by atoms with van der Waals surface area (Å²) in [5.74, 6) is -0.167. The molecule has 1 heterocycles. The minimum absolute atomic E-state index is 0.106. The molecule has 1 amide bonds. The molecule has 4 rings (SSSR count). The summed E-state index contributed by atoms with van der Waals surface area (Å²) in [6.45, 7) is 0.586. The van der Waals surface area contributed by atoms with Gasteiger partial charge in [0.25, 0.3) is 0 Å². The van der Waals surface area contributed by atoms with Gasteiger partial charge in [-0.05, 0) is 23.1 Å². The van der Waals surface area contributed by atoms with Crippen molar-refractivity contribution in [2.75, 3.05) is 0 Å². The van der Waals surface area contributed by atoms with Gasteiger partial charge in [0.15, 0.2) is 0 Å². The van der Waals surface area contributed by atoms with Crippen LogP contribution >= 0.6 is 0 Å². The summed E-state index contributed by atoms with van der Waals surface area (Å²) in [6.07, 6.45) is 0.817. The van der Waals surface area contributed by atoms with E-state index >= 15 is 0 Å². The normalized spacial score (nSPS) is 20.0. The fourth-order valence-electron chi connectivity index (χ4n) is 3.74.